The third-order valence-electron chi connectivity index (χ3n) is 7.81. The van der Waals surface area contributed by atoms with Gasteiger partial charge in [0.15, 0.2) is 17.9 Å². The minimum atomic E-state index is -2.24. The van der Waals surface area contributed by atoms with Gasteiger partial charge in [0.25, 0.3) is 0 Å². The van der Waals surface area contributed by atoms with Crippen LogP contribution in [0.2, 0.25) is 0 Å². The number of hydrogen-bond donors (Lipinski definition) is 6. The number of nitrogens with two attached hydrogens (primary N) is 1. The number of rotatable bonds is 5. The first-order valence-electron chi connectivity index (χ1n) is 12.4. The molecule has 0 spiro atoms. The Morgan fingerprint density at radius 3 is 2.41 bits per heavy atom. The summed E-state index contributed by atoms with van der Waals surface area (Å²) in [7, 11) is 1.32. The van der Waals surface area contributed by atoms with Gasteiger partial charge in [0, 0.05) is 42.0 Å². The molecular formula is C27H31ClNNaO11. The number of carbonyl (C=O) groups excluding carboxylic acids is 3. The molecule has 0 amide bonds. The van der Waals surface area contributed by atoms with Crippen molar-refractivity contribution in [3.8, 4) is 17.2 Å². The molecule has 7 N–H and O–H groups in total. The van der Waals surface area contributed by atoms with Crippen LogP contribution < -0.4 is 10.5 Å². The quantitative estimate of drug-likeness (QED) is 0.165. The van der Waals surface area contributed by atoms with Gasteiger partial charge in [-0.15, -0.1) is 12.4 Å². The van der Waals surface area contributed by atoms with E-state index < -0.39 is 95.7 Å². The maximum atomic E-state index is 13.6. The molecule has 1 fully saturated rings. The van der Waals surface area contributed by atoms with Crippen LogP contribution in [-0.4, -0.2) is 116 Å². The Kier molecular flexibility index (Phi) is 9.98. The fourth-order valence-corrected chi connectivity index (χ4v) is 5.75. The summed E-state index contributed by atoms with van der Waals surface area (Å²) < 4.78 is 17.0. The number of ether oxygens (including phenoxy) is 3. The summed E-state index contributed by atoms with van der Waals surface area (Å²) in [4.78, 5) is 39.7. The molecule has 0 aromatic heterocycles. The van der Waals surface area contributed by atoms with Crippen LogP contribution in [0.3, 0.4) is 0 Å². The van der Waals surface area contributed by atoms with Gasteiger partial charge in [-0.1, -0.05) is 12.1 Å². The number of phenolic OH excluding ortho intramolecular Hbond substituents is 2. The average Bonchev–Trinajstić information content (AvgIpc) is 2.90. The van der Waals surface area contributed by atoms with Crippen molar-refractivity contribution in [1.82, 2.24) is 0 Å². The molecule has 1 heterocycles. The van der Waals surface area contributed by atoms with E-state index in [1.807, 2.05) is 0 Å². The predicted octanol–water partition coefficient (Wildman–Crippen LogP) is -0.225. The Labute approximate surface area is 263 Å². The number of methoxy groups -OCH3 is 1. The molecular weight excluding hydrogens is 573 g/mol. The molecule has 1 saturated heterocycles. The van der Waals surface area contributed by atoms with Crippen molar-refractivity contribution in [2.45, 2.75) is 62.4 Å². The van der Waals surface area contributed by atoms with Gasteiger partial charge >= 0.3 is 29.6 Å². The van der Waals surface area contributed by atoms with Crippen molar-refractivity contribution in [3.05, 3.63) is 51.6 Å². The van der Waals surface area contributed by atoms with Crippen LogP contribution in [0.15, 0.2) is 18.2 Å². The first-order valence-corrected chi connectivity index (χ1v) is 12.4. The van der Waals surface area contributed by atoms with E-state index in [0.717, 1.165) is 0 Å². The van der Waals surface area contributed by atoms with Gasteiger partial charge in [-0.3, -0.25) is 14.4 Å². The molecule has 218 valence electrons. The predicted molar refractivity (Wildman–Crippen MR) is 146 cm³/mol. The topological polar surface area (TPSA) is 206 Å². The molecule has 41 heavy (non-hydrogen) atoms. The molecule has 2 aromatic carbocycles. The molecule has 2 aromatic rings. The first-order chi connectivity index (χ1) is 18.4. The second-order valence-electron chi connectivity index (χ2n) is 10.2. The van der Waals surface area contributed by atoms with Gasteiger partial charge in [0.2, 0.25) is 5.78 Å². The van der Waals surface area contributed by atoms with Gasteiger partial charge < -0.3 is 45.5 Å². The molecule has 6 atom stereocenters. The number of Topliss-reactive ketones (excluding diaryl/α,β-unsaturated/α-hetero) is 1. The van der Waals surface area contributed by atoms with Crippen LogP contribution in [-0.2, 0) is 20.7 Å². The number of phenols is 2. The monoisotopic (exact) mass is 603 g/mol. The minimum absolute atomic E-state index is 0. The zero-order valence-corrected chi connectivity index (χ0v) is 22.4. The summed E-state index contributed by atoms with van der Waals surface area (Å²) >= 11 is 0. The second kappa shape index (κ2) is 12.3. The standard InChI is InChI=1S/C27H29NO11.ClH.Na.H/c1-10-22(31)13(28)6-17(38-10)39-15-8-27(36,16(30)9-29)7-12-19(15)26(35)21-20(24(12)33)23(32)11-4-3-5-14(37-2)18(11)25(21)34;;;/h3-5,10,13,15,17,22,29,31,33,35-36H,6-9,28H2,1-2H3;1H;;/t10?,13?,15-,17?,22?,27-;;;/m0.../s1. The van der Waals surface area contributed by atoms with E-state index in [9.17, 15) is 39.9 Å². The molecule has 3 aliphatic rings. The first kappa shape index (κ1) is 33.4. The summed E-state index contributed by atoms with van der Waals surface area (Å²) in [5, 5.41) is 53.7. The summed E-state index contributed by atoms with van der Waals surface area (Å²) in [5.74, 6) is -3.77. The summed E-state index contributed by atoms with van der Waals surface area (Å²) in [5.41, 5.74) is 2.37. The molecule has 2 aliphatic carbocycles. The number of aliphatic hydroxyl groups is 3. The van der Waals surface area contributed by atoms with Crippen molar-refractivity contribution >= 4 is 59.3 Å². The third kappa shape index (κ3) is 5.31. The van der Waals surface area contributed by atoms with E-state index in [2.05, 4.69) is 0 Å². The average molecular weight is 604 g/mol. The van der Waals surface area contributed by atoms with Crippen LogP contribution in [0, 0.1) is 0 Å². The molecule has 5 rings (SSSR count). The Balaban J connectivity index is 0.00000231. The number of carbonyl (C=O) groups is 3. The molecule has 0 saturated carbocycles. The van der Waals surface area contributed by atoms with Crippen LogP contribution >= 0.6 is 12.4 Å². The Morgan fingerprint density at radius 2 is 1.80 bits per heavy atom. The fourth-order valence-electron chi connectivity index (χ4n) is 5.75. The Bertz CT molecular complexity index is 1390. The van der Waals surface area contributed by atoms with Crippen molar-refractivity contribution in [1.29, 1.82) is 0 Å². The molecule has 12 nitrogen and oxygen atoms in total. The summed E-state index contributed by atoms with van der Waals surface area (Å²) in [6.07, 6.45) is -5.12. The third-order valence-corrected chi connectivity index (χ3v) is 7.81. The number of halogens is 1. The number of ketones is 3. The molecule has 4 unspecified atom stereocenters. The van der Waals surface area contributed by atoms with Gasteiger partial charge in [-0.2, -0.15) is 0 Å². The van der Waals surface area contributed by atoms with Crippen molar-refractivity contribution < 1.29 is 54.1 Å². The normalized spacial score (nSPS) is 28.4. The van der Waals surface area contributed by atoms with E-state index in [0.29, 0.717) is 0 Å². The Morgan fingerprint density at radius 1 is 1.15 bits per heavy atom. The van der Waals surface area contributed by atoms with Gasteiger partial charge in [-0.05, 0) is 13.0 Å². The second-order valence-corrected chi connectivity index (χ2v) is 10.2. The van der Waals surface area contributed by atoms with E-state index in [1.54, 1.807) is 6.92 Å². The Hall–Kier alpha value is -2.10. The van der Waals surface area contributed by atoms with E-state index in [4.69, 9.17) is 19.9 Å². The summed E-state index contributed by atoms with van der Waals surface area (Å²) in [6.45, 7) is 0.560. The van der Waals surface area contributed by atoms with Gasteiger partial charge in [0.05, 0.1) is 42.1 Å². The molecule has 1 aliphatic heterocycles. The van der Waals surface area contributed by atoms with Crippen LogP contribution in [0.5, 0.6) is 17.2 Å². The van der Waals surface area contributed by atoms with Crippen LogP contribution in [0.4, 0.5) is 0 Å². The van der Waals surface area contributed by atoms with E-state index in [1.165, 1.54) is 25.3 Å². The summed E-state index contributed by atoms with van der Waals surface area (Å²) in [6, 6.07) is 3.64. The fraction of sp³-hybridized carbons (Fsp3) is 0.444. The number of aromatic hydroxyl groups is 2. The van der Waals surface area contributed by atoms with Crippen molar-refractivity contribution in [2.24, 2.45) is 5.73 Å². The van der Waals surface area contributed by atoms with Crippen LogP contribution in [0.25, 0.3) is 0 Å². The SMILES string of the molecule is COc1cccc2c1C(=O)c1c(O)c3c(c(O)c1C2=O)C[C@@](O)(C(=O)CO)C[C@@H]3OC1CC(N)C(O)C(C)O1.Cl.[NaH]. The van der Waals surface area contributed by atoms with Gasteiger partial charge in [0.1, 0.15) is 29.5 Å². The number of aliphatic hydroxyl groups excluding tert-OH is 2. The number of fused-ring (bicyclic) bond motifs is 3. The van der Waals surface area contributed by atoms with Crippen molar-refractivity contribution in [2.75, 3.05) is 13.7 Å². The van der Waals surface area contributed by atoms with E-state index in [-0.39, 0.29) is 76.4 Å². The van der Waals surface area contributed by atoms with E-state index >= 15 is 0 Å². The van der Waals surface area contributed by atoms with Crippen LogP contribution in [0.1, 0.15) is 68.8 Å². The molecule has 0 bridgehead atoms. The molecule has 14 heteroatoms. The zero-order valence-electron chi connectivity index (χ0n) is 21.6. The maximum absolute atomic E-state index is 13.6. The van der Waals surface area contributed by atoms with Gasteiger partial charge in [-0.25, -0.2) is 0 Å². The zero-order chi connectivity index (χ0) is 28.4. The number of hydrogen-bond acceptors (Lipinski definition) is 12. The molecule has 0 radical (unpaired) electrons. The van der Waals surface area contributed by atoms with Crippen molar-refractivity contribution in [3.63, 3.8) is 0 Å². The number of benzene rings is 2.